The Morgan fingerprint density at radius 2 is 1.79 bits per heavy atom. The highest BCUT2D eigenvalue weighted by Gasteiger charge is 2.38. The molecule has 146 valence electrons. The smallest absolute Gasteiger partial charge is 0.147 e. The number of rotatable bonds is 2. The maximum Gasteiger partial charge on any atom is 0.147 e. The molecule has 1 heterocycles. The third-order valence-electron chi connectivity index (χ3n) is 6.49. The zero-order valence-electron chi connectivity index (χ0n) is 16.6. The minimum Gasteiger partial charge on any atom is -0.347 e. The van der Waals surface area contributed by atoms with Gasteiger partial charge in [-0.3, -0.25) is 4.79 Å². The Labute approximate surface area is 177 Å². The van der Waals surface area contributed by atoms with Gasteiger partial charge >= 0.3 is 0 Å². The first-order chi connectivity index (χ1) is 13.4. The summed E-state index contributed by atoms with van der Waals surface area (Å²) in [5, 5.41) is 1.30. The molecule has 2 nitrogen and oxygen atoms in total. The summed E-state index contributed by atoms with van der Waals surface area (Å²) in [6.07, 6.45) is 8.89. The van der Waals surface area contributed by atoms with Gasteiger partial charge in [-0.15, -0.1) is 0 Å². The molecule has 0 spiro atoms. The molecule has 0 amide bonds. The van der Waals surface area contributed by atoms with E-state index in [-0.39, 0.29) is 5.41 Å². The molecule has 1 aliphatic heterocycles. The molecule has 0 saturated heterocycles. The molecule has 0 fully saturated rings. The summed E-state index contributed by atoms with van der Waals surface area (Å²) in [5.41, 5.74) is 6.52. The second-order valence-electron chi connectivity index (χ2n) is 8.40. The summed E-state index contributed by atoms with van der Waals surface area (Å²) in [6.45, 7) is 4.52. The van der Waals surface area contributed by atoms with E-state index in [1.165, 1.54) is 16.9 Å². The highest BCUT2D eigenvalue weighted by Crippen LogP contribution is 2.49. The number of fused-ring (bicyclic) bond motifs is 2. The molecule has 4 rings (SSSR count). The lowest BCUT2D eigenvalue weighted by Crippen LogP contribution is -2.22. The van der Waals surface area contributed by atoms with Crippen molar-refractivity contribution in [3.05, 3.63) is 74.5 Å². The van der Waals surface area contributed by atoms with E-state index >= 15 is 0 Å². The van der Waals surface area contributed by atoms with E-state index < -0.39 is 0 Å². The molecule has 2 aliphatic carbocycles. The van der Waals surface area contributed by atoms with E-state index in [1.807, 2.05) is 0 Å². The molecule has 0 aromatic heterocycles. The quantitative estimate of drug-likeness (QED) is 0.508. The largest absolute Gasteiger partial charge is 0.347 e. The number of carbonyl (C=O) groups excluding carboxylic acids is 1. The molecule has 1 aromatic carbocycles. The van der Waals surface area contributed by atoms with Gasteiger partial charge in [0.2, 0.25) is 0 Å². The molecule has 1 atom stereocenters. The van der Waals surface area contributed by atoms with Crippen LogP contribution in [0.3, 0.4) is 0 Å². The number of hydrogen-bond acceptors (Lipinski definition) is 2. The van der Waals surface area contributed by atoms with Crippen molar-refractivity contribution in [2.24, 2.45) is 5.92 Å². The maximum atomic E-state index is 11.3. The number of benzene rings is 1. The van der Waals surface area contributed by atoms with Crippen LogP contribution in [0.4, 0.5) is 5.69 Å². The topological polar surface area (TPSA) is 20.3 Å². The lowest BCUT2D eigenvalue weighted by molar-refractivity contribution is -0.105. The molecule has 1 unspecified atom stereocenters. The predicted molar refractivity (Wildman–Crippen MR) is 118 cm³/mol. The van der Waals surface area contributed by atoms with Crippen molar-refractivity contribution in [3.63, 3.8) is 0 Å². The molecule has 1 aromatic rings. The van der Waals surface area contributed by atoms with Crippen LogP contribution in [0.5, 0.6) is 0 Å². The van der Waals surface area contributed by atoms with Crippen molar-refractivity contribution in [2.75, 3.05) is 11.9 Å². The van der Waals surface area contributed by atoms with Crippen LogP contribution in [0, 0.1) is 5.92 Å². The van der Waals surface area contributed by atoms with Gasteiger partial charge in [0.05, 0.1) is 5.03 Å². The number of para-hydroxylation sites is 1. The van der Waals surface area contributed by atoms with Crippen molar-refractivity contribution >= 4 is 35.2 Å². The summed E-state index contributed by atoms with van der Waals surface area (Å²) in [7, 11) is 2.12. The molecule has 0 radical (unpaired) electrons. The Bertz CT molecular complexity index is 965. The first-order valence-corrected chi connectivity index (χ1v) is 10.6. The molecule has 3 aliphatic rings. The first-order valence-electron chi connectivity index (χ1n) is 9.85. The Morgan fingerprint density at radius 3 is 2.50 bits per heavy atom. The van der Waals surface area contributed by atoms with Crippen molar-refractivity contribution in [3.8, 4) is 0 Å². The Balaban J connectivity index is 1.75. The third-order valence-corrected chi connectivity index (χ3v) is 7.39. The summed E-state index contributed by atoms with van der Waals surface area (Å²) in [4.78, 5) is 13.6. The Kier molecular flexibility index (Phi) is 5.05. The van der Waals surface area contributed by atoms with E-state index in [0.717, 1.165) is 48.1 Å². The summed E-state index contributed by atoms with van der Waals surface area (Å²) < 4.78 is 0. The molecular weight excluding hydrogens is 389 g/mol. The first kappa shape index (κ1) is 19.5. The number of anilines is 1. The van der Waals surface area contributed by atoms with E-state index in [0.29, 0.717) is 16.5 Å². The Hall–Kier alpha value is -1.77. The Morgan fingerprint density at radius 1 is 1.07 bits per heavy atom. The van der Waals surface area contributed by atoms with Gasteiger partial charge in [-0.1, -0.05) is 61.3 Å². The molecule has 28 heavy (non-hydrogen) atoms. The van der Waals surface area contributed by atoms with Crippen LogP contribution < -0.4 is 4.90 Å². The fraction of sp³-hybridized carbons (Fsp3) is 0.375. The number of nitrogens with zero attached hydrogens (tertiary/aromatic N) is 1. The minimum absolute atomic E-state index is 0.0632. The van der Waals surface area contributed by atoms with Crippen molar-refractivity contribution in [2.45, 2.75) is 44.9 Å². The van der Waals surface area contributed by atoms with Gasteiger partial charge in [0, 0.05) is 34.5 Å². The zero-order chi connectivity index (χ0) is 20.1. The van der Waals surface area contributed by atoms with Crippen LogP contribution in [0.2, 0.25) is 0 Å². The lowest BCUT2D eigenvalue weighted by Gasteiger charge is -2.32. The van der Waals surface area contributed by atoms with Gasteiger partial charge in [-0.25, -0.2) is 0 Å². The molecule has 0 N–H and O–H groups in total. The van der Waals surface area contributed by atoms with Crippen molar-refractivity contribution in [1.82, 2.24) is 0 Å². The average molecular weight is 414 g/mol. The fourth-order valence-electron chi connectivity index (χ4n) is 4.86. The molecule has 0 bridgehead atoms. The van der Waals surface area contributed by atoms with Crippen LogP contribution in [-0.2, 0) is 10.2 Å². The maximum absolute atomic E-state index is 11.3. The van der Waals surface area contributed by atoms with Crippen LogP contribution in [0.1, 0.15) is 45.1 Å². The standard InChI is InChI=1S/C24H25Cl2NO/c1-24(2)18-6-4-5-7-19(18)27(3)20(24)13-12-16-10-8-15-9-11-17(14-28)23(26)21(15)22(16)25/h4-7,12-15H,8-11H2,1-3H3/b16-12+,20-13+. The van der Waals surface area contributed by atoms with Gasteiger partial charge in [-0.05, 0) is 60.5 Å². The molecular formula is C24H25Cl2NO. The van der Waals surface area contributed by atoms with Crippen LogP contribution in [0.15, 0.2) is 68.9 Å². The second-order valence-corrected chi connectivity index (χ2v) is 9.16. The monoisotopic (exact) mass is 413 g/mol. The number of aldehydes is 1. The van der Waals surface area contributed by atoms with Gasteiger partial charge in [-0.2, -0.15) is 0 Å². The number of hydrogen-bond donors (Lipinski definition) is 0. The normalized spacial score (nSPS) is 26.8. The summed E-state index contributed by atoms with van der Waals surface area (Å²) >= 11 is 13.3. The van der Waals surface area contributed by atoms with Gasteiger partial charge in [0.1, 0.15) is 6.29 Å². The molecule has 0 saturated carbocycles. The van der Waals surface area contributed by atoms with E-state index in [2.05, 4.69) is 62.2 Å². The number of halogens is 2. The van der Waals surface area contributed by atoms with E-state index in [9.17, 15) is 4.79 Å². The molecule has 4 heteroatoms. The van der Waals surface area contributed by atoms with Gasteiger partial charge < -0.3 is 4.90 Å². The van der Waals surface area contributed by atoms with E-state index in [4.69, 9.17) is 23.2 Å². The summed E-state index contributed by atoms with van der Waals surface area (Å²) in [5.74, 6) is 0.364. The van der Waals surface area contributed by atoms with Crippen molar-refractivity contribution in [1.29, 1.82) is 0 Å². The third kappa shape index (κ3) is 2.98. The van der Waals surface area contributed by atoms with Gasteiger partial charge in [0.15, 0.2) is 0 Å². The number of allylic oxidation sites excluding steroid dienone is 8. The SMILES string of the molecule is CN1/C(=C/C=C2\CCC3CCC(C=O)=C(Cl)C3=C2Cl)C(C)(C)c2ccccc21. The average Bonchev–Trinajstić information content (AvgIpc) is 2.88. The van der Waals surface area contributed by atoms with Crippen molar-refractivity contribution < 1.29 is 4.79 Å². The van der Waals surface area contributed by atoms with E-state index in [1.54, 1.807) is 0 Å². The van der Waals surface area contributed by atoms with Crippen LogP contribution >= 0.6 is 23.2 Å². The number of likely N-dealkylation sites (N-methyl/N-ethyl adjacent to an activating group) is 1. The van der Waals surface area contributed by atoms with Crippen LogP contribution in [0.25, 0.3) is 0 Å². The fourth-order valence-corrected chi connectivity index (χ4v) is 5.70. The summed E-state index contributed by atoms with van der Waals surface area (Å²) in [6, 6.07) is 8.55. The van der Waals surface area contributed by atoms with Crippen LogP contribution in [-0.4, -0.2) is 13.3 Å². The lowest BCUT2D eigenvalue weighted by atomic mass is 9.77. The second kappa shape index (κ2) is 7.24. The zero-order valence-corrected chi connectivity index (χ0v) is 18.1. The van der Waals surface area contributed by atoms with Gasteiger partial charge in [0.25, 0.3) is 0 Å². The highest BCUT2D eigenvalue weighted by atomic mass is 35.5. The number of carbonyl (C=O) groups is 1. The minimum atomic E-state index is -0.0632. The predicted octanol–water partition coefficient (Wildman–Crippen LogP) is 6.61. The highest BCUT2D eigenvalue weighted by molar-refractivity contribution is 6.38.